The second-order valence-electron chi connectivity index (χ2n) is 4.27. The second-order valence-corrected chi connectivity index (χ2v) is 4.27. The molecule has 11 heavy (non-hydrogen) atoms. The van der Waals surface area contributed by atoms with Crippen molar-refractivity contribution in [3.05, 3.63) is 13.8 Å². The van der Waals surface area contributed by atoms with Crippen LogP contribution in [-0.4, -0.2) is 0 Å². The molecule has 0 aromatic carbocycles. The van der Waals surface area contributed by atoms with Crippen molar-refractivity contribution in [3.8, 4) is 0 Å². The Labute approximate surface area is 97.4 Å². The molecule has 1 heteroatoms. The van der Waals surface area contributed by atoms with Crippen molar-refractivity contribution in [1.29, 1.82) is 0 Å². The summed E-state index contributed by atoms with van der Waals surface area (Å²) in [6, 6.07) is 0. The third kappa shape index (κ3) is 11.1. The maximum atomic E-state index is 4.07. The molecule has 0 rings (SSSR count). The van der Waals surface area contributed by atoms with E-state index in [9.17, 15) is 0 Å². The molecule has 0 aliphatic carbocycles. The molecule has 0 N–H and O–H groups in total. The van der Waals surface area contributed by atoms with Gasteiger partial charge in [0.25, 0.3) is 0 Å². The van der Waals surface area contributed by atoms with Gasteiger partial charge in [0.05, 0.1) is 0 Å². The molecule has 0 aliphatic rings. The van der Waals surface area contributed by atoms with Crippen molar-refractivity contribution in [2.45, 2.75) is 40.0 Å². The van der Waals surface area contributed by atoms with E-state index in [4.69, 9.17) is 0 Å². The summed E-state index contributed by atoms with van der Waals surface area (Å²) in [4.78, 5) is 0. The number of hydrogen-bond donors (Lipinski definition) is 0. The summed E-state index contributed by atoms with van der Waals surface area (Å²) in [5.41, 5.74) is 0.432. The predicted octanol–water partition coefficient (Wildman–Crippen LogP) is 3.48. The van der Waals surface area contributed by atoms with Crippen molar-refractivity contribution < 1.29 is 32.7 Å². The quantitative estimate of drug-likeness (QED) is 0.650. The predicted molar refractivity (Wildman–Crippen MR) is 47.5 cm³/mol. The molecule has 0 nitrogen and oxygen atoms in total. The Bertz CT molecular complexity index is 81.4. The molecule has 1 atom stereocenters. The van der Waals surface area contributed by atoms with Crippen LogP contribution in [-0.2, 0) is 32.7 Å². The summed E-state index contributed by atoms with van der Waals surface area (Å²) in [5, 5.41) is 0. The van der Waals surface area contributed by atoms with Crippen LogP contribution in [0.25, 0.3) is 0 Å². The van der Waals surface area contributed by atoms with Crippen LogP contribution in [0.1, 0.15) is 40.0 Å². The Morgan fingerprint density at radius 1 is 1.27 bits per heavy atom. The Morgan fingerprint density at radius 2 is 1.73 bits per heavy atom. The summed E-state index contributed by atoms with van der Waals surface area (Å²) in [6.07, 6.45) is 3.39. The zero-order valence-corrected chi connectivity index (χ0v) is 11.0. The van der Waals surface area contributed by atoms with Crippen molar-refractivity contribution >= 4 is 0 Å². The molecule has 0 aromatic rings. The molecule has 0 spiro atoms. The van der Waals surface area contributed by atoms with E-state index < -0.39 is 0 Å². The molecular formula is C10H20Y-2. The first kappa shape index (κ1) is 14.6. The van der Waals surface area contributed by atoms with Crippen molar-refractivity contribution in [2.75, 3.05) is 0 Å². The van der Waals surface area contributed by atoms with Gasteiger partial charge in [0.2, 0.25) is 0 Å². The largest absolute Gasteiger partial charge is 0.343 e. The van der Waals surface area contributed by atoms with Crippen LogP contribution in [0.15, 0.2) is 0 Å². The molecule has 0 amide bonds. The minimum Gasteiger partial charge on any atom is -0.343 e. The van der Waals surface area contributed by atoms with Gasteiger partial charge >= 0.3 is 0 Å². The molecule has 1 radical (unpaired) electrons. The smallest absolute Gasteiger partial charge is 0 e. The van der Waals surface area contributed by atoms with Gasteiger partial charge in [-0.25, -0.2) is 0 Å². The molecule has 0 aromatic heterocycles. The summed E-state index contributed by atoms with van der Waals surface area (Å²) in [6.45, 7) is 14.7. The molecule has 0 saturated heterocycles. The van der Waals surface area contributed by atoms with Crippen LogP contribution in [0.3, 0.4) is 0 Å². The minimum absolute atomic E-state index is 0. The van der Waals surface area contributed by atoms with Gasteiger partial charge < -0.3 is 13.8 Å². The number of hydrogen-bond acceptors (Lipinski definition) is 0. The topological polar surface area (TPSA) is 0 Å². The van der Waals surface area contributed by atoms with Crippen LogP contribution in [0, 0.1) is 25.2 Å². The van der Waals surface area contributed by atoms with E-state index in [1.807, 2.05) is 0 Å². The van der Waals surface area contributed by atoms with E-state index in [2.05, 4.69) is 34.6 Å². The first-order valence-electron chi connectivity index (χ1n) is 4.08. The molecule has 0 fully saturated rings. The Hall–Kier alpha value is 1.10. The molecular weight excluding hydrogens is 209 g/mol. The van der Waals surface area contributed by atoms with Gasteiger partial charge in [0.1, 0.15) is 0 Å². The summed E-state index contributed by atoms with van der Waals surface area (Å²) < 4.78 is 0. The molecule has 65 valence electrons. The van der Waals surface area contributed by atoms with Crippen molar-refractivity contribution in [2.24, 2.45) is 11.3 Å². The van der Waals surface area contributed by atoms with Crippen LogP contribution in [0.5, 0.6) is 0 Å². The SMILES string of the molecule is [CH2-]CCC([CH2-])CC(C)(C)C.[Y]. The van der Waals surface area contributed by atoms with Gasteiger partial charge in [-0.15, -0.1) is 6.42 Å². The van der Waals surface area contributed by atoms with E-state index in [0.717, 1.165) is 12.8 Å². The van der Waals surface area contributed by atoms with Gasteiger partial charge in [-0.3, -0.25) is 0 Å². The maximum Gasteiger partial charge on any atom is 0 e. The fourth-order valence-electron chi connectivity index (χ4n) is 1.26. The standard InChI is InChI=1S/C10H20.Y/c1-6-7-9(2)8-10(3,4)5;/h9H,1-2,6-8H2,3-5H3;/q-2;. The molecule has 1 unspecified atom stereocenters. The molecule has 0 aliphatic heterocycles. The van der Waals surface area contributed by atoms with Crippen LogP contribution >= 0.6 is 0 Å². The third-order valence-electron chi connectivity index (χ3n) is 1.51. The van der Waals surface area contributed by atoms with Crippen molar-refractivity contribution in [3.63, 3.8) is 0 Å². The first-order chi connectivity index (χ1) is 4.45. The van der Waals surface area contributed by atoms with Crippen LogP contribution in [0.2, 0.25) is 0 Å². The average molecular weight is 229 g/mol. The van der Waals surface area contributed by atoms with E-state index >= 15 is 0 Å². The zero-order valence-electron chi connectivity index (χ0n) is 8.19. The summed E-state index contributed by atoms with van der Waals surface area (Å²) in [5.74, 6) is 0.595. The van der Waals surface area contributed by atoms with Crippen LogP contribution in [0.4, 0.5) is 0 Å². The average Bonchev–Trinajstić information content (AvgIpc) is 1.59. The summed E-state index contributed by atoms with van der Waals surface area (Å²) >= 11 is 0. The first-order valence-corrected chi connectivity index (χ1v) is 4.08. The normalized spacial score (nSPS) is 13.9. The van der Waals surface area contributed by atoms with Gasteiger partial charge in [0, 0.05) is 32.7 Å². The Balaban J connectivity index is 0. The zero-order chi connectivity index (χ0) is 8.20. The van der Waals surface area contributed by atoms with Gasteiger partial charge in [-0.2, -0.15) is 12.3 Å². The molecule has 0 bridgehead atoms. The second kappa shape index (κ2) is 6.60. The monoisotopic (exact) mass is 229 g/mol. The van der Waals surface area contributed by atoms with Gasteiger partial charge in [-0.1, -0.05) is 27.2 Å². The fraction of sp³-hybridized carbons (Fsp3) is 0.800. The Morgan fingerprint density at radius 3 is 2.00 bits per heavy atom. The van der Waals surface area contributed by atoms with E-state index in [0.29, 0.717) is 11.3 Å². The van der Waals surface area contributed by atoms with E-state index in [1.54, 1.807) is 0 Å². The maximum absolute atomic E-state index is 4.07. The third-order valence-corrected chi connectivity index (χ3v) is 1.51. The Kier molecular flexibility index (Phi) is 8.77. The van der Waals surface area contributed by atoms with Crippen LogP contribution < -0.4 is 0 Å². The van der Waals surface area contributed by atoms with E-state index in [1.165, 1.54) is 6.42 Å². The molecule has 0 saturated carbocycles. The van der Waals surface area contributed by atoms with Crippen molar-refractivity contribution in [1.82, 2.24) is 0 Å². The van der Waals surface area contributed by atoms with Gasteiger partial charge in [0.15, 0.2) is 0 Å². The fourth-order valence-corrected chi connectivity index (χ4v) is 1.26. The van der Waals surface area contributed by atoms with Gasteiger partial charge in [-0.05, 0) is 5.41 Å². The summed E-state index contributed by atoms with van der Waals surface area (Å²) in [7, 11) is 0. The number of rotatable bonds is 3. The van der Waals surface area contributed by atoms with E-state index in [-0.39, 0.29) is 32.7 Å². The minimum atomic E-state index is 0. The molecule has 0 heterocycles.